The first-order valence-corrected chi connectivity index (χ1v) is 54.3. The number of carbonyl (C=O) groups is 4. The molecule has 7 fully saturated rings. The summed E-state index contributed by atoms with van der Waals surface area (Å²) in [7, 11) is -13.0. The van der Waals surface area contributed by atoms with Crippen molar-refractivity contribution in [2.24, 2.45) is 0 Å². The average Bonchev–Trinajstić information content (AvgIpc) is 1.63. The molecule has 36 nitrogen and oxygen atoms in total. The maximum atomic E-state index is 14.8. The van der Waals surface area contributed by atoms with Gasteiger partial charge in [-0.2, -0.15) is 45.8 Å². The van der Waals surface area contributed by atoms with Crippen LogP contribution in [0, 0.1) is 23.3 Å². The monoisotopic (exact) mass is 2120 g/mol. The minimum atomic E-state index is -4.02. The topological polar surface area (TPSA) is 397 Å². The highest BCUT2D eigenvalue weighted by Gasteiger charge is 2.41. The lowest BCUT2D eigenvalue weighted by molar-refractivity contribution is 0.0252. The van der Waals surface area contributed by atoms with Crippen LogP contribution >= 0.6 is 0 Å². The van der Waals surface area contributed by atoms with Crippen molar-refractivity contribution in [1.82, 2.24) is 66.0 Å². The van der Waals surface area contributed by atoms with E-state index in [1.54, 1.807) is 105 Å². The Morgan fingerprint density at radius 3 is 1.03 bits per heavy atom. The summed E-state index contributed by atoms with van der Waals surface area (Å²) in [4.78, 5) is 58.8. The predicted molar refractivity (Wildman–Crippen MR) is 535 cm³/mol. The van der Waals surface area contributed by atoms with Gasteiger partial charge < -0.3 is 48.0 Å². The molecule has 12 aromatic rings. The van der Waals surface area contributed by atoms with Crippen LogP contribution < -0.4 is 52.7 Å². The summed E-state index contributed by atoms with van der Waals surface area (Å²) >= 11 is 0. The molecule has 7 aliphatic heterocycles. The molecule has 0 aliphatic carbocycles. The first-order chi connectivity index (χ1) is 69.9. The molecule has 7 saturated heterocycles. The van der Waals surface area contributed by atoms with Crippen LogP contribution in [0.4, 0.5) is 53.5 Å². The summed E-state index contributed by atoms with van der Waals surface area (Å²) in [5.41, 5.74) is 7.21. The fraction of sp³-hybridized carbons (Fsp3) is 0.440. The van der Waals surface area contributed by atoms with E-state index in [4.69, 9.17) is 28.4 Å². The van der Waals surface area contributed by atoms with Crippen LogP contribution in [0.3, 0.4) is 0 Å². The molecule has 0 bridgehead atoms. The Kier molecular flexibility index (Phi) is 32.8. The van der Waals surface area contributed by atoms with Crippen LogP contribution in [0.2, 0.25) is 0 Å². The Balaban J connectivity index is 0.000000141. The minimum Gasteiger partial charge on any atom is -0.490 e. The van der Waals surface area contributed by atoms with E-state index in [0.717, 1.165) is 39.2 Å². The van der Waals surface area contributed by atoms with Crippen LogP contribution in [0.25, 0.3) is 22.1 Å². The zero-order valence-corrected chi connectivity index (χ0v) is 85.5. The van der Waals surface area contributed by atoms with Gasteiger partial charge in [-0.05, 0) is 167 Å². The van der Waals surface area contributed by atoms with Crippen molar-refractivity contribution in [3.63, 3.8) is 0 Å². The maximum absolute atomic E-state index is 14.8. The number of carbonyl (C=O) groups excluding carboxylic acids is 4. The molecule has 47 heteroatoms. The van der Waals surface area contributed by atoms with Gasteiger partial charge in [0, 0.05) is 177 Å². The molecule has 0 unspecified atom stereocenters. The number of halogens is 7. The SMILES string of the molecule is CC(C)(C)S(=O)(=O)NC(=O)c1cnn2ccc(N3C[C@@H](F)C[C@@H]3c3cc(F)cc(OC4CCOCC4)c3)cc12.CC(C)S(=O)(=O)NC(=O)c1cnn2ccc(N3C[C@@H](F)C[C@@H]3c3cc(F)cc(OC4CCOCC4)c3)cc12.CCN(C)S(=O)(=O)NC(=O)c1cnn2ccc(N3CCC[C@@H]3c3cccc(F)c3)cc12.CCN(C)S(=O)(=O)NC(=O)c1cnn2ccc(N3C[C@@H](F)C[C@@H]3c3cc(F)cc(OC4CCOCC4)c3)cc12. The van der Waals surface area contributed by atoms with Crippen molar-refractivity contribution in [2.75, 3.05) is 113 Å². The van der Waals surface area contributed by atoms with Gasteiger partial charge in [0.05, 0.1) is 143 Å². The Labute approximate surface area is 846 Å². The van der Waals surface area contributed by atoms with Crippen molar-refractivity contribution in [2.45, 2.75) is 190 Å². The summed E-state index contributed by atoms with van der Waals surface area (Å²) < 4.78 is 250. The van der Waals surface area contributed by atoms with Gasteiger partial charge in [-0.15, -0.1) is 0 Å². The van der Waals surface area contributed by atoms with Gasteiger partial charge in [0.25, 0.3) is 23.6 Å². The van der Waals surface area contributed by atoms with Gasteiger partial charge in [0.1, 0.15) is 77.3 Å². The minimum absolute atomic E-state index is 0.0249. The summed E-state index contributed by atoms with van der Waals surface area (Å²) in [6.45, 7) is 15.7. The number of rotatable bonds is 27. The van der Waals surface area contributed by atoms with E-state index in [0.29, 0.717) is 151 Å². The third kappa shape index (κ3) is 25.1. The zero-order chi connectivity index (χ0) is 105. The Bertz CT molecular complexity index is 7310. The van der Waals surface area contributed by atoms with E-state index >= 15 is 0 Å². The molecule has 0 spiro atoms. The van der Waals surface area contributed by atoms with Gasteiger partial charge in [-0.25, -0.2) is 84.5 Å². The number of alkyl halides is 3. The highest BCUT2D eigenvalue weighted by molar-refractivity contribution is 7.91. The number of nitrogens with zero attached hydrogens (tertiary/aromatic N) is 14. The van der Waals surface area contributed by atoms with Crippen LogP contribution in [0.5, 0.6) is 17.2 Å². The van der Waals surface area contributed by atoms with E-state index < -0.39 is 128 Å². The van der Waals surface area contributed by atoms with E-state index in [-0.39, 0.29) is 104 Å². The molecule has 7 atom stereocenters. The summed E-state index contributed by atoms with van der Waals surface area (Å²) in [5.74, 6) is -3.68. The molecule has 0 radical (unpaired) electrons. The molecule has 7 aliphatic rings. The predicted octanol–water partition coefficient (Wildman–Crippen LogP) is 14.0. The number of hydrogen-bond donors (Lipinski definition) is 4. The molecular formula is C100H117F7N18O18S4. The summed E-state index contributed by atoms with van der Waals surface area (Å²) in [6.07, 6.45) is 14.7. The molecule has 147 heavy (non-hydrogen) atoms. The van der Waals surface area contributed by atoms with Gasteiger partial charge in [-0.3, -0.25) is 19.2 Å². The number of hydrogen-bond acceptors (Lipinski definition) is 26. The molecule has 0 saturated carbocycles. The smallest absolute Gasteiger partial charge is 0.303 e. The fourth-order valence-corrected chi connectivity index (χ4v) is 21.5. The average molecular weight is 2120 g/mol. The van der Waals surface area contributed by atoms with Crippen molar-refractivity contribution >= 4 is 109 Å². The standard InChI is InChI=1S/C27H32F2N4O5S.C26H31F2N5O5S.C26H30F2N4O5S.C21H24FN5O3S/c1-27(2,3)39(35,36)31-26(34)23-15-30-33-7-4-20(14-25(23)33)32-16-19(29)13-24(32)17-10-18(28)12-22(11-17)38-21-5-8-37-9-6-21;1-3-31(2)39(35,36)30-26(34)23-15-29-33-7-4-20(14-25(23)33)32-16-19(28)13-24(32)17-10-18(27)12-22(11-17)38-21-5-8-37-9-6-21;1-16(2)38(34,35)30-26(33)23-14-29-32-6-3-20(13-25(23)32)31-15-19(28)12-24(31)17-9-18(27)11-22(10-17)37-21-4-7-36-8-5-21;1-3-25(2)31(29,30)24-21(28)18-14-23-27-11-9-17(13-20(18)27)26-10-5-8-19(26)15-6-4-7-16(22)12-15/h4,7,10-12,14-15,19,21,24H,5-6,8-9,13,16H2,1-3H3,(H,31,34);4,7,10-12,14-15,19,21,24H,3,5-6,8-9,13,16H2,1-2H3,(H,30,34);3,6,9-11,13-14,16,19,21,24H,4-5,7-8,12,15H2,1-2H3,(H,30,33);4,6-7,9,11-14,19H,3,5,8,10H2,1-2H3,(H,24,28)/t3*19-,24+;19-/m0001/s1. The van der Waals surface area contributed by atoms with Crippen molar-refractivity contribution in [1.29, 1.82) is 0 Å². The number of nitrogens with one attached hydrogen (secondary N) is 4. The zero-order valence-electron chi connectivity index (χ0n) is 82.2. The van der Waals surface area contributed by atoms with Crippen LogP contribution in [0.15, 0.2) is 177 Å². The number of amides is 4. The Morgan fingerprint density at radius 2 is 0.721 bits per heavy atom. The molecule has 788 valence electrons. The second-order valence-electron chi connectivity index (χ2n) is 38.2. The number of pyridine rings is 4. The number of sulfonamides is 2. The summed E-state index contributed by atoms with van der Waals surface area (Å²) in [6, 6.07) is 32.5. The molecule has 4 amide bonds. The second-order valence-corrected chi connectivity index (χ2v) is 46.5. The van der Waals surface area contributed by atoms with Crippen LogP contribution in [-0.2, 0) is 54.7 Å². The van der Waals surface area contributed by atoms with Crippen LogP contribution in [-0.4, -0.2) is 244 Å². The Morgan fingerprint density at radius 1 is 0.408 bits per heavy atom. The van der Waals surface area contributed by atoms with Crippen molar-refractivity contribution in [3.05, 3.63) is 245 Å². The highest BCUT2D eigenvalue weighted by Crippen LogP contribution is 2.45. The van der Waals surface area contributed by atoms with Crippen molar-refractivity contribution < 1.29 is 112 Å². The lowest BCUT2D eigenvalue weighted by Gasteiger charge is -2.28. The molecular weight excluding hydrogens is 2000 g/mol. The number of benzene rings is 4. The third-order valence-corrected chi connectivity index (χ3v) is 33.7. The molecule has 4 aromatic carbocycles. The second kappa shape index (κ2) is 45.1. The maximum Gasteiger partial charge on any atom is 0.303 e. The lowest BCUT2D eigenvalue weighted by atomic mass is 10.0. The largest absolute Gasteiger partial charge is 0.490 e. The van der Waals surface area contributed by atoms with E-state index in [1.807, 2.05) is 37.6 Å². The van der Waals surface area contributed by atoms with Gasteiger partial charge >= 0.3 is 20.4 Å². The Hall–Kier alpha value is -12.8. The molecule has 15 heterocycles. The van der Waals surface area contributed by atoms with Crippen LogP contribution in [0.1, 0.15) is 207 Å². The van der Waals surface area contributed by atoms with E-state index in [1.165, 1.54) is 134 Å². The highest BCUT2D eigenvalue weighted by atomic mass is 32.2. The summed E-state index contributed by atoms with van der Waals surface area (Å²) in [5, 5.41) is 15.8. The van der Waals surface area contributed by atoms with Gasteiger partial charge in [0.15, 0.2) is 0 Å². The van der Waals surface area contributed by atoms with Gasteiger partial charge in [-0.1, -0.05) is 26.0 Å². The third-order valence-electron chi connectivity index (χ3n) is 26.9. The normalized spacial score (nSPS) is 20.0. The quantitative estimate of drug-likeness (QED) is 0.0347. The van der Waals surface area contributed by atoms with E-state index in [2.05, 4.69) is 39.5 Å². The molecule has 8 aromatic heterocycles. The molecule has 4 N–H and O–H groups in total. The number of anilines is 4. The first kappa shape index (κ1) is 107. The first-order valence-electron chi connectivity index (χ1n) is 48.4. The number of ether oxygens (including phenoxy) is 6. The number of fused-ring (bicyclic) bond motifs is 4. The lowest BCUT2D eigenvalue weighted by Crippen LogP contribution is -2.42. The molecule has 19 rings (SSSR count). The van der Waals surface area contributed by atoms with Gasteiger partial charge in [0.2, 0.25) is 20.0 Å². The van der Waals surface area contributed by atoms with E-state index in [9.17, 15) is 83.6 Å². The number of aromatic nitrogens is 8. The van der Waals surface area contributed by atoms with Crippen molar-refractivity contribution in [3.8, 4) is 17.2 Å². The fourth-order valence-electron chi connectivity index (χ4n) is 18.6.